The molecule has 2 rings (SSSR count). The van der Waals surface area contributed by atoms with Crippen LogP contribution in [-0.4, -0.2) is 43.3 Å². The van der Waals surface area contributed by atoms with Gasteiger partial charge in [0.2, 0.25) is 22.9 Å². The Morgan fingerprint density at radius 1 is 0.909 bits per heavy atom. The Labute approximate surface area is 132 Å². The van der Waals surface area contributed by atoms with Gasteiger partial charge in [0.1, 0.15) is 0 Å². The van der Waals surface area contributed by atoms with Crippen LogP contribution in [0.25, 0.3) is 0 Å². The van der Waals surface area contributed by atoms with Crippen molar-refractivity contribution in [3.63, 3.8) is 0 Å². The van der Waals surface area contributed by atoms with Crippen molar-refractivity contribution >= 4 is 29.2 Å². The summed E-state index contributed by atoms with van der Waals surface area (Å²) < 4.78 is 15.8. The van der Waals surface area contributed by atoms with Crippen LogP contribution in [0.1, 0.15) is 0 Å². The first kappa shape index (κ1) is 15.9. The topological polar surface area (TPSA) is 90.4 Å². The Morgan fingerprint density at radius 3 is 2.00 bits per heavy atom. The predicted octanol–water partition coefficient (Wildman–Crippen LogP) is 2.34. The number of ether oxygens (including phenoxy) is 3. The molecule has 22 heavy (non-hydrogen) atoms. The van der Waals surface area contributed by atoms with E-state index in [1.165, 1.54) is 0 Å². The minimum atomic E-state index is 0.0780. The third-order valence-corrected chi connectivity index (χ3v) is 2.92. The van der Waals surface area contributed by atoms with Gasteiger partial charge in [-0.1, -0.05) is 0 Å². The number of nitrogens with one attached hydrogen (secondary N) is 2. The molecule has 0 saturated carbocycles. The minimum Gasteiger partial charge on any atom is -0.493 e. The summed E-state index contributed by atoms with van der Waals surface area (Å²) in [5, 5.41) is 5.90. The van der Waals surface area contributed by atoms with Crippen LogP contribution in [0.15, 0.2) is 12.1 Å². The quantitative estimate of drug-likeness (QED) is 0.836. The van der Waals surface area contributed by atoms with Crippen molar-refractivity contribution in [1.82, 2.24) is 15.0 Å². The zero-order valence-corrected chi connectivity index (χ0v) is 13.4. The maximum atomic E-state index is 5.85. The van der Waals surface area contributed by atoms with E-state index in [0.29, 0.717) is 34.8 Å². The summed E-state index contributed by atoms with van der Waals surface area (Å²) in [5.74, 6) is 2.17. The standard InChI is InChI=1S/C13H16ClN5O3/c1-15-12-17-11(14)18-13(19-12)16-7-5-8(20-2)10(22-4)9(6-7)21-3/h5-6H,1-4H3,(H2,15,16,17,18,19). The molecule has 8 nitrogen and oxygen atoms in total. The van der Waals surface area contributed by atoms with Crippen molar-refractivity contribution in [3.8, 4) is 17.2 Å². The van der Waals surface area contributed by atoms with E-state index in [1.54, 1.807) is 40.5 Å². The molecule has 0 amide bonds. The molecular formula is C13H16ClN5O3. The predicted molar refractivity (Wildman–Crippen MR) is 83.8 cm³/mol. The second-order valence-electron chi connectivity index (χ2n) is 4.04. The number of nitrogens with zero attached hydrogens (tertiary/aromatic N) is 3. The van der Waals surface area contributed by atoms with Crippen LogP contribution in [0.4, 0.5) is 17.6 Å². The van der Waals surface area contributed by atoms with Gasteiger partial charge in [0.15, 0.2) is 11.5 Å². The van der Waals surface area contributed by atoms with Gasteiger partial charge in [-0.3, -0.25) is 0 Å². The van der Waals surface area contributed by atoms with Crippen molar-refractivity contribution < 1.29 is 14.2 Å². The van der Waals surface area contributed by atoms with Crippen LogP contribution in [0.3, 0.4) is 0 Å². The number of hydrogen-bond acceptors (Lipinski definition) is 8. The molecule has 0 aliphatic heterocycles. The Morgan fingerprint density at radius 2 is 1.50 bits per heavy atom. The molecule has 2 aromatic rings. The summed E-state index contributed by atoms with van der Waals surface area (Å²) in [6.07, 6.45) is 0. The van der Waals surface area contributed by atoms with E-state index in [4.69, 9.17) is 25.8 Å². The highest BCUT2D eigenvalue weighted by atomic mass is 35.5. The average molecular weight is 326 g/mol. The summed E-state index contributed by atoms with van der Waals surface area (Å²) in [5.41, 5.74) is 0.652. The summed E-state index contributed by atoms with van der Waals surface area (Å²) >= 11 is 5.85. The molecule has 0 fully saturated rings. The molecular weight excluding hydrogens is 310 g/mol. The molecule has 0 spiro atoms. The monoisotopic (exact) mass is 325 g/mol. The molecule has 0 radical (unpaired) electrons. The van der Waals surface area contributed by atoms with Crippen molar-refractivity contribution in [1.29, 1.82) is 0 Å². The van der Waals surface area contributed by atoms with Gasteiger partial charge in [0.25, 0.3) is 0 Å². The lowest BCUT2D eigenvalue weighted by Crippen LogP contribution is -2.04. The SMILES string of the molecule is CNc1nc(Cl)nc(Nc2cc(OC)c(OC)c(OC)c2)n1. The summed E-state index contributed by atoms with van der Waals surface area (Å²) in [6, 6.07) is 3.47. The summed E-state index contributed by atoms with van der Waals surface area (Å²) in [4.78, 5) is 12.1. The molecule has 1 aromatic heterocycles. The number of methoxy groups -OCH3 is 3. The first-order chi connectivity index (χ1) is 10.6. The van der Waals surface area contributed by atoms with Crippen LogP contribution < -0.4 is 24.8 Å². The van der Waals surface area contributed by atoms with Crippen molar-refractivity contribution in [2.75, 3.05) is 39.0 Å². The number of rotatable bonds is 6. The highest BCUT2D eigenvalue weighted by Gasteiger charge is 2.14. The Hall–Kier alpha value is -2.48. The van der Waals surface area contributed by atoms with Crippen LogP contribution in [-0.2, 0) is 0 Å². The lowest BCUT2D eigenvalue weighted by molar-refractivity contribution is 0.324. The van der Waals surface area contributed by atoms with E-state index < -0.39 is 0 Å². The molecule has 0 bridgehead atoms. The number of aromatic nitrogens is 3. The second kappa shape index (κ2) is 6.99. The smallest absolute Gasteiger partial charge is 0.233 e. The fraction of sp³-hybridized carbons (Fsp3) is 0.308. The van der Waals surface area contributed by atoms with E-state index in [2.05, 4.69) is 25.6 Å². The Bertz CT molecular complexity index is 643. The summed E-state index contributed by atoms with van der Waals surface area (Å²) in [6.45, 7) is 0. The zero-order chi connectivity index (χ0) is 16.1. The van der Waals surface area contributed by atoms with Gasteiger partial charge in [0.05, 0.1) is 21.3 Å². The fourth-order valence-electron chi connectivity index (χ4n) is 1.80. The normalized spacial score (nSPS) is 10.0. The Kier molecular flexibility index (Phi) is 5.05. The first-order valence-electron chi connectivity index (χ1n) is 6.27. The van der Waals surface area contributed by atoms with Gasteiger partial charge >= 0.3 is 0 Å². The van der Waals surface area contributed by atoms with Crippen LogP contribution in [0, 0.1) is 0 Å². The van der Waals surface area contributed by atoms with Gasteiger partial charge in [-0.25, -0.2) is 0 Å². The van der Waals surface area contributed by atoms with Crippen LogP contribution >= 0.6 is 11.6 Å². The number of halogens is 1. The Balaban J connectivity index is 2.39. The minimum absolute atomic E-state index is 0.0780. The average Bonchev–Trinajstić information content (AvgIpc) is 2.53. The highest BCUT2D eigenvalue weighted by Crippen LogP contribution is 2.40. The molecule has 0 aliphatic rings. The molecule has 1 aromatic carbocycles. The molecule has 1 heterocycles. The molecule has 0 unspecified atom stereocenters. The van der Waals surface area contributed by atoms with Gasteiger partial charge in [-0.05, 0) is 11.6 Å². The van der Waals surface area contributed by atoms with E-state index >= 15 is 0 Å². The molecule has 0 atom stereocenters. The van der Waals surface area contributed by atoms with Crippen molar-refractivity contribution in [2.45, 2.75) is 0 Å². The van der Waals surface area contributed by atoms with E-state index in [0.717, 1.165) is 0 Å². The van der Waals surface area contributed by atoms with Crippen molar-refractivity contribution in [2.24, 2.45) is 0 Å². The van der Waals surface area contributed by atoms with E-state index in [9.17, 15) is 0 Å². The molecule has 0 aliphatic carbocycles. The number of anilines is 3. The molecule has 0 saturated heterocycles. The third kappa shape index (κ3) is 3.40. The lowest BCUT2D eigenvalue weighted by atomic mass is 10.2. The molecule has 118 valence electrons. The maximum Gasteiger partial charge on any atom is 0.233 e. The van der Waals surface area contributed by atoms with Crippen LogP contribution in [0.5, 0.6) is 17.2 Å². The number of benzene rings is 1. The highest BCUT2D eigenvalue weighted by molar-refractivity contribution is 6.28. The molecule has 9 heteroatoms. The fourth-order valence-corrected chi connectivity index (χ4v) is 1.96. The summed E-state index contributed by atoms with van der Waals surface area (Å²) in [7, 11) is 6.31. The first-order valence-corrected chi connectivity index (χ1v) is 6.65. The maximum absolute atomic E-state index is 5.85. The third-order valence-electron chi connectivity index (χ3n) is 2.75. The van der Waals surface area contributed by atoms with Crippen molar-refractivity contribution in [3.05, 3.63) is 17.4 Å². The van der Waals surface area contributed by atoms with Gasteiger partial charge < -0.3 is 24.8 Å². The van der Waals surface area contributed by atoms with Gasteiger partial charge in [-0.2, -0.15) is 15.0 Å². The second-order valence-corrected chi connectivity index (χ2v) is 4.38. The van der Waals surface area contributed by atoms with Gasteiger partial charge in [-0.15, -0.1) is 0 Å². The largest absolute Gasteiger partial charge is 0.493 e. The molecule has 2 N–H and O–H groups in total. The van der Waals surface area contributed by atoms with E-state index in [1.807, 2.05) is 0 Å². The van der Waals surface area contributed by atoms with Crippen LogP contribution in [0.2, 0.25) is 5.28 Å². The van der Waals surface area contributed by atoms with Gasteiger partial charge in [0, 0.05) is 24.9 Å². The zero-order valence-electron chi connectivity index (χ0n) is 12.6. The number of hydrogen-bond donors (Lipinski definition) is 2. The lowest BCUT2D eigenvalue weighted by Gasteiger charge is -2.14. The van der Waals surface area contributed by atoms with E-state index in [-0.39, 0.29) is 5.28 Å².